The first-order chi connectivity index (χ1) is 9.37. The maximum atomic E-state index is 12.1. The summed E-state index contributed by atoms with van der Waals surface area (Å²) < 4.78 is 27.1. The van der Waals surface area contributed by atoms with Gasteiger partial charge in [-0.25, -0.2) is 13.1 Å². The normalized spacial score (nSPS) is 31.1. The van der Waals surface area contributed by atoms with Crippen molar-refractivity contribution >= 4 is 10.0 Å². The molecule has 0 aromatic rings. The third kappa shape index (κ3) is 4.43. The Bertz CT molecular complexity index is 408. The van der Waals surface area contributed by atoms with Gasteiger partial charge in [0, 0.05) is 12.1 Å². The van der Waals surface area contributed by atoms with E-state index in [9.17, 15) is 8.42 Å². The Morgan fingerprint density at radius 2 is 1.90 bits per heavy atom. The SMILES string of the molecule is CC(C)NCCCS(=O)(=O)NC(C)C1CC2CCC1C2. The molecule has 5 heteroatoms. The molecule has 2 aliphatic carbocycles. The van der Waals surface area contributed by atoms with E-state index in [0.29, 0.717) is 18.4 Å². The second-order valence-corrected chi connectivity index (χ2v) is 8.90. The number of fused-ring (bicyclic) bond motifs is 2. The lowest BCUT2D eigenvalue weighted by Gasteiger charge is -2.28. The molecule has 2 saturated carbocycles. The van der Waals surface area contributed by atoms with E-state index in [1.54, 1.807) is 0 Å². The van der Waals surface area contributed by atoms with E-state index in [0.717, 1.165) is 18.4 Å². The summed E-state index contributed by atoms with van der Waals surface area (Å²) in [6.45, 7) is 6.96. The summed E-state index contributed by atoms with van der Waals surface area (Å²) in [6.07, 6.45) is 5.90. The van der Waals surface area contributed by atoms with Crippen molar-refractivity contribution in [3.63, 3.8) is 0 Å². The first kappa shape index (κ1) is 16.2. The molecule has 0 aromatic carbocycles. The summed E-state index contributed by atoms with van der Waals surface area (Å²) in [5.74, 6) is 2.43. The van der Waals surface area contributed by atoms with Gasteiger partial charge in [0.05, 0.1) is 5.75 Å². The van der Waals surface area contributed by atoms with E-state index in [2.05, 4.69) is 30.8 Å². The fourth-order valence-electron chi connectivity index (χ4n) is 3.99. The van der Waals surface area contributed by atoms with Crippen molar-refractivity contribution < 1.29 is 8.42 Å². The molecule has 0 saturated heterocycles. The van der Waals surface area contributed by atoms with E-state index in [1.807, 2.05) is 0 Å². The van der Waals surface area contributed by atoms with E-state index in [1.165, 1.54) is 25.7 Å². The third-order valence-electron chi connectivity index (χ3n) is 4.94. The van der Waals surface area contributed by atoms with Crippen molar-refractivity contribution in [1.29, 1.82) is 0 Å². The maximum Gasteiger partial charge on any atom is 0.211 e. The molecule has 0 amide bonds. The highest BCUT2D eigenvalue weighted by atomic mass is 32.2. The van der Waals surface area contributed by atoms with Gasteiger partial charge in [-0.15, -0.1) is 0 Å². The molecule has 4 atom stereocenters. The summed E-state index contributed by atoms with van der Waals surface area (Å²) in [5, 5.41) is 3.26. The van der Waals surface area contributed by atoms with E-state index in [-0.39, 0.29) is 11.8 Å². The molecular weight excluding hydrogens is 272 g/mol. The highest BCUT2D eigenvalue weighted by molar-refractivity contribution is 7.89. The van der Waals surface area contributed by atoms with Crippen LogP contribution in [0.2, 0.25) is 0 Å². The second kappa shape index (κ2) is 6.75. The Kier molecular flexibility index (Phi) is 5.49. The predicted octanol–water partition coefficient (Wildman–Crippen LogP) is 2.12. The van der Waals surface area contributed by atoms with Gasteiger partial charge in [0.15, 0.2) is 0 Å². The lowest BCUT2D eigenvalue weighted by atomic mass is 9.84. The van der Waals surface area contributed by atoms with Crippen LogP contribution in [0.25, 0.3) is 0 Å². The fraction of sp³-hybridized carbons (Fsp3) is 1.00. The first-order valence-electron chi connectivity index (χ1n) is 8.11. The molecule has 118 valence electrons. The van der Waals surface area contributed by atoms with E-state index in [4.69, 9.17) is 0 Å². The number of nitrogens with one attached hydrogen (secondary N) is 2. The summed E-state index contributed by atoms with van der Waals surface area (Å²) in [6, 6.07) is 0.520. The van der Waals surface area contributed by atoms with Gasteiger partial charge >= 0.3 is 0 Å². The van der Waals surface area contributed by atoms with Crippen LogP contribution in [0.4, 0.5) is 0 Å². The third-order valence-corrected chi connectivity index (χ3v) is 6.50. The minimum Gasteiger partial charge on any atom is -0.314 e. The molecule has 0 heterocycles. The number of rotatable bonds is 8. The minimum atomic E-state index is -3.12. The zero-order chi connectivity index (χ0) is 14.8. The largest absolute Gasteiger partial charge is 0.314 e. The minimum absolute atomic E-state index is 0.105. The Morgan fingerprint density at radius 1 is 1.15 bits per heavy atom. The monoisotopic (exact) mass is 302 g/mol. The van der Waals surface area contributed by atoms with Gasteiger partial charge in [0.2, 0.25) is 10.0 Å². The standard InChI is InChI=1S/C15H30N2O2S/c1-11(2)16-7-4-8-20(18,19)17-12(3)15-10-13-5-6-14(15)9-13/h11-17H,4-10H2,1-3H3. The van der Waals surface area contributed by atoms with Crippen molar-refractivity contribution in [3.05, 3.63) is 0 Å². The second-order valence-electron chi connectivity index (χ2n) is 7.03. The van der Waals surface area contributed by atoms with Crippen LogP contribution in [0.5, 0.6) is 0 Å². The molecule has 4 unspecified atom stereocenters. The van der Waals surface area contributed by atoms with Crippen molar-refractivity contribution in [3.8, 4) is 0 Å². The first-order valence-corrected chi connectivity index (χ1v) is 9.76. The molecule has 0 aromatic heterocycles. The highest BCUT2D eigenvalue weighted by Gasteiger charge is 2.42. The Morgan fingerprint density at radius 3 is 2.45 bits per heavy atom. The molecule has 4 nitrogen and oxygen atoms in total. The lowest BCUT2D eigenvalue weighted by molar-refractivity contribution is 0.280. The van der Waals surface area contributed by atoms with Crippen LogP contribution < -0.4 is 10.0 Å². The lowest BCUT2D eigenvalue weighted by Crippen LogP contribution is -2.41. The smallest absolute Gasteiger partial charge is 0.211 e. The molecule has 0 aliphatic heterocycles. The number of hydrogen-bond acceptors (Lipinski definition) is 3. The van der Waals surface area contributed by atoms with Gasteiger partial charge in [-0.1, -0.05) is 20.3 Å². The summed E-state index contributed by atoms with van der Waals surface area (Å²) in [5.41, 5.74) is 0. The van der Waals surface area contributed by atoms with Crippen LogP contribution in [0.1, 0.15) is 52.9 Å². The topological polar surface area (TPSA) is 58.2 Å². The fourth-order valence-corrected chi connectivity index (χ4v) is 5.37. The number of hydrogen-bond donors (Lipinski definition) is 2. The van der Waals surface area contributed by atoms with Gasteiger partial charge in [0.25, 0.3) is 0 Å². The zero-order valence-corrected chi connectivity index (χ0v) is 13.9. The summed E-state index contributed by atoms with van der Waals surface area (Å²) in [4.78, 5) is 0. The van der Waals surface area contributed by atoms with Gasteiger partial charge in [-0.2, -0.15) is 0 Å². The Balaban J connectivity index is 1.73. The summed E-state index contributed by atoms with van der Waals surface area (Å²) in [7, 11) is -3.12. The van der Waals surface area contributed by atoms with Crippen molar-refractivity contribution in [1.82, 2.24) is 10.0 Å². The summed E-state index contributed by atoms with van der Waals surface area (Å²) >= 11 is 0. The van der Waals surface area contributed by atoms with Crippen molar-refractivity contribution in [2.75, 3.05) is 12.3 Å². The Labute approximate surface area is 124 Å². The molecule has 0 spiro atoms. The van der Waals surface area contributed by atoms with Gasteiger partial charge in [-0.05, 0) is 56.9 Å². The number of sulfonamides is 1. The van der Waals surface area contributed by atoms with E-state index >= 15 is 0 Å². The van der Waals surface area contributed by atoms with Crippen LogP contribution in [0, 0.1) is 17.8 Å². The molecule has 2 rings (SSSR count). The van der Waals surface area contributed by atoms with Crippen LogP contribution in [-0.4, -0.2) is 32.8 Å². The molecular formula is C15H30N2O2S. The molecule has 2 aliphatic rings. The van der Waals surface area contributed by atoms with Gasteiger partial charge in [-0.3, -0.25) is 0 Å². The molecule has 2 fully saturated rings. The average molecular weight is 302 g/mol. The quantitative estimate of drug-likeness (QED) is 0.675. The highest BCUT2D eigenvalue weighted by Crippen LogP contribution is 2.49. The van der Waals surface area contributed by atoms with Crippen LogP contribution in [-0.2, 0) is 10.0 Å². The molecule has 20 heavy (non-hydrogen) atoms. The average Bonchev–Trinajstić information content (AvgIpc) is 2.96. The molecule has 2 N–H and O–H groups in total. The van der Waals surface area contributed by atoms with Gasteiger partial charge in [0.1, 0.15) is 0 Å². The molecule has 2 bridgehead atoms. The maximum absolute atomic E-state index is 12.1. The predicted molar refractivity (Wildman–Crippen MR) is 83.1 cm³/mol. The van der Waals surface area contributed by atoms with E-state index < -0.39 is 10.0 Å². The Hall–Kier alpha value is -0.130. The van der Waals surface area contributed by atoms with Crippen molar-refractivity contribution in [2.45, 2.75) is 65.0 Å². The zero-order valence-electron chi connectivity index (χ0n) is 13.1. The molecule has 0 radical (unpaired) electrons. The van der Waals surface area contributed by atoms with Crippen LogP contribution >= 0.6 is 0 Å². The van der Waals surface area contributed by atoms with Crippen LogP contribution in [0.3, 0.4) is 0 Å². The van der Waals surface area contributed by atoms with Gasteiger partial charge < -0.3 is 5.32 Å². The van der Waals surface area contributed by atoms with Crippen molar-refractivity contribution in [2.24, 2.45) is 17.8 Å². The van der Waals surface area contributed by atoms with Crippen LogP contribution in [0.15, 0.2) is 0 Å².